The third-order valence-electron chi connectivity index (χ3n) is 5.16. The highest BCUT2D eigenvalue weighted by molar-refractivity contribution is 7.92. The molecule has 0 radical (unpaired) electrons. The quantitative estimate of drug-likeness (QED) is 0.593. The summed E-state index contributed by atoms with van der Waals surface area (Å²) in [5, 5.41) is 2.98. The second-order valence-corrected chi connectivity index (χ2v) is 9.13. The summed E-state index contributed by atoms with van der Waals surface area (Å²) in [4.78, 5) is 13.0. The number of carbonyl (C=O) groups is 1. The molecular formula is C24H26N2O3S. The van der Waals surface area contributed by atoms with Crippen LogP contribution in [0.2, 0.25) is 0 Å². The second kappa shape index (κ2) is 8.71. The maximum absolute atomic E-state index is 12.9. The van der Waals surface area contributed by atoms with E-state index in [1.165, 1.54) is 12.1 Å². The van der Waals surface area contributed by atoms with Crippen LogP contribution in [-0.2, 0) is 10.0 Å². The molecule has 0 aromatic heterocycles. The highest BCUT2D eigenvalue weighted by Gasteiger charge is 2.20. The van der Waals surface area contributed by atoms with Crippen molar-refractivity contribution < 1.29 is 13.2 Å². The number of aryl methyl sites for hydroxylation is 3. The number of rotatable bonds is 6. The summed E-state index contributed by atoms with van der Waals surface area (Å²) in [7, 11) is -3.83. The van der Waals surface area contributed by atoms with Gasteiger partial charge in [-0.3, -0.25) is 9.52 Å². The first kappa shape index (κ1) is 21.6. The Morgan fingerprint density at radius 2 is 1.47 bits per heavy atom. The van der Waals surface area contributed by atoms with Crippen LogP contribution in [0.5, 0.6) is 0 Å². The number of hydrogen-bond acceptors (Lipinski definition) is 3. The van der Waals surface area contributed by atoms with E-state index < -0.39 is 10.0 Å². The number of anilines is 1. The molecule has 6 heteroatoms. The van der Waals surface area contributed by atoms with Gasteiger partial charge in [-0.25, -0.2) is 8.42 Å². The highest BCUT2D eigenvalue weighted by atomic mass is 32.2. The number of benzene rings is 3. The molecule has 0 saturated heterocycles. The molecule has 0 heterocycles. The van der Waals surface area contributed by atoms with Gasteiger partial charge < -0.3 is 5.32 Å². The van der Waals surface area contributed by atoms with Gasteiger partial charge in [0, 0.05) is 5.56 Å². The zero-order chi connectivity index (χ0) is 21.9. The summed E-state index contributed by atoms with van der Waals surface area (Å²) >= 11 is 0. The van der Waals surface area contributed by atoms with Crippen molar-refractivity contribution in [3.05, 3.63) is 94.5 Å². The third-order valence-corrected chi connectivity index (χ3v) is 6.52. The van der Waals surface area contributed by atoms with Gasteiger partial charge in [0.1, 0.15) is 0 Å². The average molecular weight is 423 g/mol. The van der Waals surface area contributed by atoms with Crippen LogP contribution >= 0.6 is 0 Å². The topological polar surface area (TPSA) is 75.3 Å². The first-order valence-electron chi connectivity index (χ1n) is 9.74. The van der Waals surface area contributed by atoms with Crippen LogP contribution in [-0.4, -0.2) is 14.3 Å². The van der Waals surface area contributed by atoms with Crippen LogP contribution < -0.4 is 10.0 Å². The molecule has 156 valence electrons. The molecule has 30 heavy (non-hydrogen) atoms. The average Bonchev–Trinajstić information content (AvgIpc) is 2.70. The SMILES string of the molecule is Cc1ccccc1NS(=O)(=O)c1ccc(C)c(C(=O)N[C@@H](C)c2ccccc2C)c1. The Bertz CT molecular complexity index is 1190. The molecule has 0 bridgehead atoms. The van der Waals surface area contributed by atoms with E-state index in [0.29, 0.717) is 16.8 Å². The molecule has 0 aliphatic carbocycles. The van der Waals surface area contributed by atoms with Crippen molar-refractivity contribution >= 4 is 21.6 Å². The highest BCUT2D eigenvalue weighted by Crippen LogP contribution is 2.23. The van der Waals surface area contributed by atoms with Gasteiger partial charge in [0.05, 0.1) is 16.6 Å². The van der Waals surface area contributed by atoms with Gasteiger partial charge in [-0.1, -0.05) is 48.5 Å². The largest absolute Gasteiger partial charge is 0.345 e. The van der Waals surface area contributed by atoms with Crippen LogP contribution in [0.4, 0.5) is 5.69 Å². The molecule has 3 aromatic carbocycles. The second-order valence-electron chi connectivity index (χ2n) is 7.45. The van der Waals surface area contributed by atoms with Gasteiger partial charge in [-0.15, -0.1) is 0 Å². The summed E-state index contributed by atoms with van der Waals surface area (Å²) in [5.74, 6) is -0.309. The summed E-state index contributed by atoms with van der Waals surface area (Å²) in [6.07, 6.45) is 0. The molecule has 0 aliphatic rings. The molecular weight excluding hydrogens is 396 g/mol. The fourth-order valence-electron chi connectivity index (χ4n) is 3.33. The number of nitrogens with one attached hydrogen (secondary N) is 2. The van der Waals surface area contributed by atoms with E-state index in [-0.39, 0.29) is 16.8 Å². The number of hydrogen-bond donors (Lipinski definition) is 2. The van der Waals surface area contributed by atoms with Crippen molar-refractivity contribution in [3.8, 4) is 0 Å². The van der Waals surface area contributed by atoms with Crippen molar-refractivity contribution in [2.75, 3.05) is 4.72 Å². The Hall–Kier alpha value is -3.12. The summed E-state index contributed by atoms with van der Waals surface area (Å²) < 4.78 is 28.4. The monoisotopic (exact) mass is 422 g/mol. The minimum Gasteiger partial charge on any atom is -0.345 e. The lowest BCUT2D eigenvalue weighted by Crippen LogP contribution is -2.28. The van der Waals surface area contributed by atoms with Crippen LogP contribution in [0.3, 0.4) is 0 Å². The van der Waals surface area contributed by atoms with E-state index >= 15 is 0 Å². The van der Waals surface area contributed by atoms with Crippen molar-refractivity contribution in [3.63, 3.8) is 0 Å². The van der Waals surface area contributed by atoms with Gasteiger partial charge in [0.2, 0.25) is 0 Å². The normalized spacial score (nSPS) is 12.3. The van der Waals surface area contributed by atoms with Crippen molar-refractivity contribution in [1.82, 2.24) is 5.32 Å². The molecule has 1 amide bonds. The molecule has 2 N–H and O–H groups in total. The predicted molar refractivity (Wildman–Crippen MR) is 120 cm³/mol. The Labute approximate surface area is 178 Å². The molecule has 3 aromatic rings. The summed E-state index contributed by atoms with van der Waals surface area (Å²) in [6.45, 7) is 7.53. The Kier molecular flexibility index (Phi) is 6.27. The number of para-hydroxylation sites is 1. The van der Waals surface area contributed by atoms with Gasteiger partial charge in [0.15, 0.2) is 0 Å². The first-order chi connectivity index (χ1) is 14.2. The summed E-state index contributed by atoms with van der Waals surface area (Å²) in [5.41, 5.74) is 4.48. The number of carbonyl (C=O) groups excluding carboxylic acids is 1. The summed E-state index contributed by atoms with van der Waals surface area (Å²) in [6, 6.07) is 19.4. The number of sulfonamides is 1. The van der Waals surface area contributed by atoms with E-state index in [1.807, 2.05) is 57.2 Å². The number of amides is 1. The standard InChI is InChI=1S/C24H26N2O3S/c1-16-9-5-7-11-21(16)19(4)25-24(27)22-15-20(14-13-17(22)2)30(28,29)26-23-12-8-6-10-18(23)3/h5-15,19,26H,1-4H3,(H,25,27)/t19-/m0/s1. The Morgan fingerprint density at radius 1 is 0.833 bits per heavy atom. The molecule has 3 rings (SSSR count). The zero-order valence-electron chi connectivity index (χ0n) is 17.6. The van der Waals surface area contributed by atoms with Crippen LogP contribution in [0.15, 0.2) is 71.6 Å². The van der Waals surface area contributed by atoms with Gasteiger partial charge >= 0.3 is 0 Å². The Morgan fingerprint density at radius 3 is 2.13 bits per heavy atom. The van der Waals surface area contributed by atoms with E-state index in [4.69, 9.17) is 0 Å². The van der Waals surface area contributed by atoms with Crippen molar-refractivity contribution in [1.29, 1.82) is 0 Å². The lowest BCUT2D eigenvalue weighted by molar-refractivity contribution is 0.0939. The fourth-order valence-corrected chi connectivity index (χ4v) is 4.49. The van der Waals surface area contributed by atoms with Crippen LogP contribution in [0, 0.1) is 20.8 Å². The fraction of sp³-hybridized carbons (Fsp3) is 0.208. The van der Waals surface area contributed by atoms with E-state index in [2.05, 4.69) is 10.0 Å². The van der Waals surface area contributed by atoms with E-state index in [0.717, 1.165) is 16.7 Å². The van der Waals surface area contributed by atoms with E-state index in [9.17, 15) is 13.2 Å². The Balaban J connectivity index is 1.86. The first-order valence-corrected chi connectivity index (χ1v) is 11.2. The van der Waals surface area contributed by atoms with Gasteiger partial charge in [0.25, 0.3) is 15.9 Å². The van der Waals surface area contributed by atoms with Gasteiger partial charge in [-0.2, -0.15) is 0 Å². The molecule has 0 aliphatic heterocycles. The minimum atomic E-state index is -3.83. The van der Waals surface area contributed by atoms with Crippen molar-refractivity contribution in [2.24, 2.45) is 0 Å². The molecule has 0 unspecified atom stereocenters. The van der Waals surface area contributed by atoms with E-state index in [1.54, 1.807) is 25.1 Å². The maximum Gasteiger partial charge on any atom is 0.261 e. The lowest BCUT2D eigenvalue weighted by Gasteiger charge is -2.18. The maximum atomic E-state index is 12.9. The molecule has 0 spiro atoms. The smallest absolute Gasteiger partial charge is 0.261 e. The van der Waals surface area contributed by atoms with Crippen LogP contribution in [0.25, 0.3) is 0 Å². The van der Waals surface area contributed by atoms with Crippen molar-refractivity contribution in [2.45, 2.75) is 38.6 Å². The molecule has 1 atom stereocenters. The molecule has 5 nitrogen and oxygen atoms in total. The van der Waals surface area contributed by atoms with Crippen LogP contribution in [0.1, 0.15) is 45.6 Å². The predicted octanol–water partition coefficient (Wildman–Crippen LogP) is 4.90. The zero-order valence-corrected chi connectivity index (χ0v) is 18.4. The third kappa shape index (κ3) is 4.71. The minimum absolute atomic E-state index is 0.0463. The van der Waals surface area contributed by atoms with Gasteiger partial charge in [-0.05, 0) is 68.1 Å². The molecule has 0 saturated carbocycles. The lowest BCUT2D eigenvalue weighted by atomic mass is 10.0. The molecule has 0 fully saturated rings.